The van der Waals surface area contributed by atoms with Gasteiger partial charge in [0, 0.05) is 22.7 Å². The van der Waals surface area contributed by atoms with E-state index in [1.165, 1.54) is 11.9 Å². The lowest BCUT2D eigenvalue weighted by atomic mass is 9.97. The molecule has 2 rings (SSSR count). The summed E-state index contributed by atoms with van der Waals surface area (Å²) in [6.45, 7) is 0. The Morgan fingerprint density at radius 1 is 1.26 bits per heavy atom. The summed E-state index contributed by atoms with van der Waals surface area (Å²) in [5.41, 5.74) is 8.92. The third-order valence-corrected chi connectivity index (χ3v) is 3.79. The molecular weight excluding hydrogens is 328 g/mol. The highest BCUT2D eigenvalue weighted by molar-refractivity contribution is 6.30. The first-order valence-electron chi connectivity index (χ1n) is 6.64. The quantitative estimate of drug-likeness (QED) is 0.415. The van der Waals surface area contributed by atoms with Gasteiger partial charge in [0.15, 0.2) is 12.3 Å². The van der Waals surface area contributed by atoms with Gasteiger partial charge in [-0.25, -0.2) is 0 Å². The van der Waals surface area contributed by atoms with E-state index in [4.69, 9.17) is 21.9 Å². The summed E-state index contributed by atoms with van der Waals surface area (Å²) in [6.07, 6.45) is -7.97. The Hall–Kier alpha value is -1.87. The second-order valence-electron chi connectivity index (χ2n) is 5.00. The van der Waals surface area contributed by atoms with E-state index in [2.05, 4.69) is 10.0 Å². The van der Waals surface area contributed by atoms with Crippen molar-refractivity contribution in [3.8, 4) is 0 Å². The fourth-order valence-electron chi connectivity index (χ4n) is 2.19. The summed E-state index contributed by atoms with van der Waals surface area (Å²) in [5.74, 6) is -0.677. The lowest BCUT2D eigenvalue weighted by Gasteiger charge is -2.39. The zero-order valence-corrected chi connectivity index (χ0v) is 12.8. The van der Waals surface area contributed by atoms with Crippen LogP contribution in [0.3, 0.4) is 0 Å². The number of hydrogen-bond acceptors (Lipinski definition) is 6. The van der Waals surface area contributed by atoms with Crippen LogP contribution >= 0.6 is 11.6 Å². The third kappa shape index (κ3) is 3.56. The van der Waals surface area contributed by atoms with Crippen LogP contribution < -0.4 is 4.90 Å². The Labute approximate surface area is 136 Å². The molecule has 0 aliphatic carbocycles. The van der Waals surface area contributed by atoms with Crippen molar-refractivity contribution in [2.75, 3.05) is 11.9 Å². The molecule has 1 unspecified atom stereocenters. The number of hydrogen-bond donors (Lipinski definition) is 3. The van der Waals surface area contributed by atoms with Gasteiger partial charge >= 0.3 is 0 Å². The summed E-state index contributed by atoms with van der Waals surface area (Å²) in [6, 6.07) is 6.34. The number of ether oxygens (including phenoxy) is 1. The Morgan fingerprint density at radius 2 is 1.87 bits per heavy atom. The van der Waals surface area contributed by atoms with Crippen molar-refractivity contribution in [2.24, 2.45) is 5.11 Å². The number of carbonyl (C=O) groups excluding carboxylic acids is 1. The smallest absolute Gasteiger partial charge is 0.258 e. The molecule has 1 aliphatic rings. The predicted octanol–water partition coefficient (Wildman–Crippen LogP) is 0.421. The number of aliphatic hydroxyl groups excluding tert-OH is 3. The molecule has 0 bridgehead atoms. The van der Waals surface area contributed by atoms with Crippen molar-refractivity contribution in [1.29, 1.82) is 0 Å². The van der Waals surface area contributed by atoms with E-state index in [1.807, 2.05) is 0 Å². The molecule has 124 valence electrons. The number of amides is 1. The van der Waals surface area contributed by atoms with Crippen LogP contribution in [0, 0.1) is 0 Å². The van der Waals surface area contributed by atoms with Crippen LogP contribution in [0.25, 0.3) is 10.4 Å². The molecule has 9 nitrogen and oxygen atoms in total. The van der Waals surface area contributed by atoms with Crippen molar-refractivity contribution in [3.63, 3.8) is 0 Å². The standard InChI is InChI=1S/C13H15ClN4O5/c1-18(7-4-2-6(14)3-5-7)13(22)11-9(20)8(19)10(21)12(23-11)16-17-15/h2-5,8-12,19-21H,1H3/t8-,9-,10+,11-,12?/m0/s1. The molecule has 5 atom stereocenters. The molecule has 1 heterocycles. The summed E-state index contributed by atoms with van der Waals surface area (Å²) in [7, 11) is 1.45. The van der Waals surface area contributed by atoms with Gasteiger partial charge in [0.05, 0.1) is 0 Å². The second kappa shape index (κ2) is 7.14. The zero-order chi connectivity index (χ0) is 17.1. The topological polar surface area (TPSA) is 139 Å². The highest BCUT2D eigenvalue weighted by Crippen LogP contribution is 2.25. The van der Waals surface area contributed by atoms with Crippen LogP contribution in [0.15, 0.2) is 29.4 Å². The highest BCUT2D eigenvalue weighted by Gasteiger charge is 2.47. The van der Waals surface area contributed by atoms with Gasteiger partial charge in [0.2, 0.25) is 0 Å². The molecular formula is C13H15ClN4O5. The normalized spacial score (nSPS) is 30.4. The Morgan fingerprint density at radius 3 is 2.43 bits per heavy atom. The average Bonchev–Trinajstić information content (AvgIpc) is 2.55. The third-order valence-electron chi connectivity index (χ3n) is 3.54. The zero-order valence-electron chi connectivity index (χ0n) is 12.0. The minimum Gasteiger partial charge on any atom is -0.387 e. The van der Waals surface area contributed by atoms with E-state index >= 15 is 0 Å². The van der Waals surface area contributed by atoms with E-state index in [0.29, 0.717) is 10.7 Å². The number of azide groups is 1. The number of rotatable bonds is 3. The Bertz CT molecular complexity index is 621. The number of halogens is 1. The molecule has 23 heavy (non-hydrogen) atoms. The maximum Gasteiger partial charge on any atom is 0.258 e. The second-order valence-corrected chi connectivity index (χ2v) is 5.43. The molecule has 3 N–H and O–H groups in total. The maximum atomic E-state index is 12.5. The average molecular weight is 343 g/mol. The highest BCUT2D eigenvalue weighted by atomic mass is 35.5. The van der Waals surface area contributed by atoms with Crippen LogP contribution in [-0.2, 0) is 9.53 Å². The van der Waals surface area contributed by atoms with Crippen molar-refractivity contribution >= 4 is 23.2 Å². The van der Waals surface area contributed by atoms with Gasteiger partial charge in [-0.15, -0.1) is 0 Å². The molecule has 1 saturated heterocycles. The van der Waals surface area contributed by atoms with Crippen molar-refractivity contribution in [3.05, 3.63) is 39.7 Å². The van der Waals surface area contributed by atoms with Crippen molar-refractivity contribution in [2.45, 2.75) is 30.6 Å². The lowest BCUT2D eigenvalue weighted by Crippen LogP contribution is -2.61. The largest absolute Gasteiger partial charge is 0.387 e. The minimum atomic E-state index is -1.69. The molecule has 1 aromatic carbocycles. The van der Waals surface area contributed by atoms with E-state index in [-0.39, 0.29) is 0 Å². The molecule has 1 fully saturated rings. The summed E-state index contributed by atoms with van der Waals surface area (Å²) in [5, 5.41) is 33.1. The van der Waals surface area contributed by atoms with Gasteiger partial charge in [-0.2, -0.15) is 0 Å². The fourth-order valence-corrected chi connectivity index (χ4v) is 2.32. The van der Waals surface area contributed by atoms with Crippen LogP contribution in [0.2, 0.25) is 5.02 Å². The number of anilines is 1. The Kier molecular flexibility index (Phi) is 5.42. The van der Waals surface area contributed by atoms with Gasteiger partial charge < -0.3 is 25.0 Å². The molecule has 1 aromatic rings. The van der Waals surface area contributed by atoms with E-state index < -0.39 is 36.6 Å². The van der Waals surface area contributed by atoms with Crippen LogP contribution in [0.1, 0.15) is 0 Å². The maximum absolute atomic E-state index is 12.5. The summed E-state index contributed by atoms with van der Waals surface area (Å²) in [4.78, 5) is 16.2. The summed E-state index contributed by atoms with van der Waals surface area (Å²) < 4.78 is 5.15. The SMILES string of the molecule is CN(C(=O)[C@H]1OC(N=[N+]=[N-])[C@H](O)[C@@H](O)[C@@H]1O)c1ccc(Cl)cc1. The molecule has 1 amide bonds. The van der Waals surface area contributed by atoms with Crippen LogP contribution in [-0.4, -0.2) is 58.9 Å². The van der Waals surface area contributed by atoms with Gasteiger partial charge in [0.25, 0.3) is 5.91 Å². The summed E-state index contributed by atoms with van der Waals surface area (Å²) >= 11 is 5.78. The van der Waals surface area contributed by atoms with Crippen molar-refractivity contribution in [1.82, 2.24) is 0 Å². The molecule has 0 aromatic heterocycles. The first-order valence-corrected chi connectivity index (χ1v) is 7.01. The van der Waals surface area contributed by atoms with Crippen molar-refractivity contribution < 1.29 is 24.9 Å². The van der Waals surface area contributed by atoms with E-state index in [9.17, 15) is 20.1 Å². The number of likely N-dealkylation sites (N-methyl/N-ethyl adjacent to an activating group) is 1. The van der Waals surface area contributed by atoms with E-state index in [1.54, 1.807) is 24.3 Å². The predicted molar refractivity (Wildman–Crippen MR) is 80.7 cm³/mol. The van der Waals surface area contributed by atoms with Crippen LogP contribution in [0.4, 0.5) is 5.69 Å². The Balaban J connectivity index is 2.22. The molecule has 1 aliphatic heterocycles. The molecule has 0 spiro atoms. The minimum absolute atomic E-state index is 0.483. The van der Waals surface area contributed by atoms with Gasteiger partial charge in [-0.3, -0.25) is 4.79 Å². The van der Waals surface area contributed by atoms with Gasteiger partial charge in [-0.05, 0) is 29.8 Å². The molecule has 10 heteroatoms. The number of nitrogens with zero attached hydrogens (tertiary/aromatic N) is 4. The van der Waals surface area contributed by atoms with Crippen LogP contribution in [0.5, 0.6) is 0 Å². The lowest BCUT2D eigenvalue weighted by molar-refractivity contribution is -0.217. The molecule has 0 radical (unpaired) electrons. The number of benzene rings is 1. The van der Waals surface area contributed by atoms with E-state index in [0.717, 1.165) is 0 Å². The molecule has 0 saturated carbocycles. The fraction of sp³-hybridized carbons (Fsp3) is 0.462. The van der Waals surface area contributed by atoms with Gasteiger partial charge in [-0.1, -0.05) is 16.7 Å². The van der Waals surface area contributed by atoms with Gasteiger partial charge in [0.1, 0.15) is 18.3 Å². The number of aliphatic hydroxyl groups is 3. The monoisotopic (exact) mass is 342 g/mol. The first kappa shape index (κ1) is 17.5. The number of carbonyl (C=O) groups is 1. The first-order chi connectivity index (χ1) is 10.9.